The molecule has 1 rings (SSSR count). The highest BCUT2D eigenvalue weighted by molar-refractivity contribution is 4.81. The summed E-state index contributed by atoms with van der Waals surface area (Å²) in [5, 5.41) is 3.63. The second-order valence-electron chi connectivity index (χ2n) is 6.25. The van der Waals surface area contributed by atoms with Crippen LogP contribution in [-0.2, 0) is 4.74 Å². The zero-order chi connectivity index (χ0) is 14.6. The first-order valence-corrected chi connectivity index (χ1v) is 8.81. The lowest BCUT2D eigenvalue weighted by atomic mass is 10.0. The van der Waals surface area contributed by atoms with Crippen LogP contribution in [0.4, 0.5) is 0 Å². The fourth-order valence-corrected chi connectivity index (χ4v) is 3.06. The van der Waals surface area contributed by atoms with Crippen molar-refractivity contribution in [3.05, 3.63) is 0 Å². The Labute approximate surface area is 126 Å². The summed E-state index contributed by atoms with van der Waals surface area (Å²) in [6, 6.07) is 0.540. The Morgan fingerprint density at radius 1 is 1.10 bits per heavy atom. The van der Waals surface area contributed by atoms with E-state index in [-0.39, 0.29) is 0 Å². The van der Waals surface area contributed by atoms with Crippen LogP contribution in [0.2, 0.25) is 0 Å². The van der Waals surface area contributed by atoms with Crippen molar-refractivity contribution in [2.24, 2.45) is 0 Å². The molecule has 1 aliphatic rings. The number of hydrogen-bond donors (Lipinski definition) is 1. The van der Waals surface area contributed by atoms with Crippen molar-refractivity contribution in [3.8, 4) is 0 Å². The summed E-state index contributed by atoms with van der Waals surface area (Å²) in [6.07, 6.45) is 11.4. The van der Waals surface area contributed by atoms with Gasteiger partial charge in [0.15, 0.2) is 0 Å². The molecule has 1 fully saturated rings. The Hall–Kier alpha value is -0.120. The normalized spacial score (nSPS) is 22.1. The Balaban J connectivity index is 2.15. The van der Waals surface area contributed by atoms with Crippen molar-refractivity contribution in [3.63, 3.8) is 0 Å². The molecule has 20 heavy (non-hydrogen) atoms. The number of rotatable bonds is 11. The third-order valence-electron chi connectivity index (χ3n) is 4.33. The quantitative estimate of drug-likeness (QED) is 0.588. The van der Waals surface area contributed by atoms with Crippen LogP contribution in [0.25, 0.3) is 0 Å². The topological polar surface area (TPSA) is 24.5 Å². The van der Waals surface area contributed by atoms with Gasteiger partial charge in [-0.2, -0.15) is 0 Å². The van der Waals surface area contributed by atoms with Crippen LogP contribution in [0.15, 0.2) is 0 Å². The summed E-state index contributed by atoms with van der Waals surface area (Å²) in [5.74, 6) is 0. The summed E-state index contributed by atoms with van der Waals surface area (Å²) in [5.41, 5.74) is 0. The van der Waals surface area contributed by atoms with Gasteiger partial charge in [-0.3, -0.25) is 0 Å². The van der Waals surface area contributed by atoms with Crippen LogP contribution < -0.4 is 5.32 Å². The maximum absolute atomic E-state index is 5.97. The second-order valence-corrected chi connectivity index (χ2v) is 6.25. The highest BCUT2D eigenvalue weighted by atomic mass is 16.5. The van der Waals surface area contributed by atoms with E-state index in [1.807, 2.05) is 0 Å². The zero-order valence-corrected chi connectivity index (χ0v) is 14.0. The standard InChI is InChI=1S/C17H36N2O/c1-4-6-7-8-9-10-11-12-16(18-5-2)17-15-19(3)13-14-20-17/h16-18H,4-15H2,1-3H3. The molecule has 1 saturated heterocycles. The van der Waals surface area contributed by atoms with Crippen LogP contribution in [-0.4, -0.2) is 50.3 Å². The molecule has 120 valence electrons. The highest BCUT2D eigenvalue weighted by Crippen LogP contribution is 2.15. The molecule has 1 aliphatic heterocycles. The number of likely N-dealkylation sites (N-methyl/N-ethyl adjacent to an activating group) is 2. The molecule has 1 heterocycles. The van der Waals surface area contributed by atoms with E-state index in [1.54, 1.807) is 0 Å². The molecule has 1 N–H and O–H groups in total. The van der Waals surface area contributed by atoms with Crippen LogP contribution in [0.3, 0.4) is 0 Å². The summed E-state index contributed by atoms with van der Waals surface area (Å²) in [4.78, 5) is 2.39. The van der Waals surface area contributed by atoms with Crippen molar-refractivity contribution < 1.29 is 4.74 Å². The molecule has 0 aromatic carbocycles. The van der Waals surface area contributed by atoms with Gasteiger partial charge in [-0.15, -0.1) is 0 Å². The minimum absolute atomic E-state index is 0.383. The zero-order valence-electron chi connectivity index (χ0n) is 14.0. The van der Waals surface area contributed by atoms with E-state index in [9.17, 15) is 0 Å². The lowest BCUT2D eigenvalue weighted by Crippen LogP contribution is -2.51. The Morgan fingerprint density at radius 3 is 2.45 bits per heavy atom. The molecule has 0 aromatic heterocycles. The van der Waals surface area contributed by atoms with Crippen molar-refractivity contribution in [1.29, 1.82) is 0 Å². The van der Waals surface area contributed by atoms with Gasteiger partial charge >= 0.3 is 0 Å². The molecule has 0 spiro atoms. The molecular weight excluding hydrogens is 248 g/mol. The van der Waals surface area contributed by atoms with Crippen molar-refractivity contribution >= 4 is 0 Å². The minimum atomic E-state index is 0.383. The summed E-state index contributed by atoms with van der Waals surface area (Å²) in [6.45, 7) is 8.57. The average Bonchev–Trinajstić information content (AvgIpc) is 2.45. The molecule has 0 bridgehead atoms. The van der Waals surface area contributed by atoms with Crippen LogP contribution in [0.1, 0.15) is 65.2 Å². The Bertz CT molecular complexity index is 223. The highest BCUT2D eigenvalue weighted by Gasteiger charge is 2.25. The third kappa shape index (κ3) is 7.61. The van der Waals surface area contributed by atoms with Crippen LogP contribution in [0, 0.1) is 0 Å². The fraction of sp³-hybridized carbons (Fsp3) is 1.00. The van der Waals surface area contributed by atoms with Crippen LogP contribution in [0.5, 0.6) is 0 Å². The Kier molecular flexibility index (Phi) is 10.3. The number of hydrogen-bond acceptors (Lipinski definition) is 3. The molecule has 0 radical (unpaired) electrons. The van der Waals surface area contributed by atoms with E-state index in [0.29, 0.717) is 12.1 Å². The maximum atomic E-state index is 5.97. The molecule has 3 nitrogen and oxygen atoms in total. The van der Waals surface area contributed by atoms with Gasteiger partial charge < -0.3 is 15.0 Å². The van der Waals surface area contributed by atoms with E-state index in [4.69, 9.17) is 4.74 Å². The van der Waals surface area contributed by atoms with E-state index in [1.165, 1.54) is 51.4 Å². The molecule has 0 saturated carbocycles. The molecular formula is C17H36N2O. The minimum Gasteiger partial charge on any atom is -0.374 e. The van der Waals surface area contributed by atoms with Gasteiger partial charge in [0.2, 0.25) is 0 Å². The number of ether oxygens (including phenoxy) is 1. The number of unbranched alkanes of at least 4 members (excludes halogenated alkanes) is 6. The Morgan fingerprint density at radius 2 is 1.80 bits per heavy atom. The van der Waals surface area contributed by atoms with Gasteiger partial charge in [0.25, 0.3) is 0 Å². The summed E-state index contributed by atoms with van der Waals surface area (Å²) < 4.78 is 5.97. The number of morpholine rings is 1. The first kappa shape index (κ1) is 17.9. The van der Waals surface area contributed by atoms with Gasteiger partial charge in [0.05, 0.1) is 12.7 Å². The third-order valence-corrected chi connectivity index (χ3v) is 4.33. The lowest BCUT2D eigenvalue weighted by Gasteiger charge is -2.35. The predicted octanol–water partition coefficient (Wildman–Crippen LogP) is 3.44. The van der Waals surface area contributed by atoms with Gasteiger partial charge in [-0.1, -0.05) is 58.8 Å². The first-order valence-electron chi connectivity index (χ1n) is 8.81. The number of nitrogens with one attached hydrogen (secondary N) is 1. The van der Waals surface area contributed by atoms with Crippen molar-refractivity contribution in [2.45, 2.75) is 77.4 Å². The predicted molar refractivity (Wildman–Crippen MR) is 87.3 cm³/mol. The fourth-order valence-electron chi connectivity index (χ4n) is 3.06. The van der Waals surface area contributed by atoms with Gasteiger partial charge in [0, 0.05) is 19.1 Å². The SMILES string of the molecule is CCCCCCCCCC(NCC)C1CN(C)CCO1. The lowest BCUT2D eigenvalue weighted by molar-refractivity contribution is -0.0399. The van der Waals surface area contributed by atoms with Crippen molar-refractivity contribution in [2.75, 3.05) is 33.3 Å². The average molecular weight is 284 g/mol. The van der Waals surface area contributed by atoms with E-state index in [0.717, 1.165) is 26.2 Å². The van der Waals surface area contributed by atoms with Crippen LogP contribution >= 0.6 is 0 Å². The van der Waals surface area contributed by atoms with E-state index < -0.39 is 0 Å². The molecule has 3 heteroatoms. The van der Waals surface area contributed by atoms with Crippen molar-refractivity contribution in [1.82, 2.24) is 10.2 Å². The molecule has 0 aromatic rings. The largest absolute Gasteiger partial charge is 0.374 e. The van der Waals surface area contributed by atoms with E-state index in [2.05, 4.69) is 31.1 Å². The number of nitrogens with zero attached hydrogens (tertiary/aromatic N) is 1. The molecule has 2 unspecified atom stereocenters. The second kappa shape index (κ2) is 11.5. The van der Waals surface area contributed by atoms with Gasteiger partial charge in [-0.25, -0.2) is 0 Å². The molecule has 0 aliphatic carbocycles. The first-order chi connectivity index (χ1) is 9.77. The monoisotopic (exact) mass is 284 g/mol. The van der Waals surface area contributed by atoms with E-state index >= 15 is 0 Å². The molecule has 0 amide bonds. The van der Waals surface area contributed by atoms with Gasteiger partial charge in [0.1, 0.15) is 0 Å². The molecule has 2 atom stereocenters. The maximum Gasteiger partial charge on any atom is 0.0855 e. The van der Waals surface area contributed by atoms with Gasteiger partial charge in [-0.05, 0) is 20.0 Å². The summed E-state index contributed by atoms with van der Waals surface area (Å²) >= 11 is 0. The smallest absolute Gasteiger partial charge is 0.0855 e. The summed E-state index contributed by atoms with van der Waals surface area (Å²) in [7, 11) is 2.20.